The zero-order valence-electron chi connectivity index (χ0n) is 11.6. The van der Waals surface area contributed by atoms with Crippen LogP contribution in [0.5, 0.6) is 0 Å². The Morgan fingerprint density at radius 3 is 2.67 bits per heavy atom. The van der Waals surface area contributed by atoms with Crippen molar-refractivity contribution >= 4 is 10.0 Å². The fourth-order valence-electron chi connectivity index (χ4n) is 1.90. The van der Waals surface area contributed by atoms with Crippen molar-refractivity contribution in [1.82, 2.24) is 9.29 Å². The fraction of sp³-hybridized carbons (Fsp3) is 0.200. The summed E-state index contributed by atoms with van der Waals surface area (Å²) >= 11 is 0. The largest absolute Gasteiger partial charge is 0.264 e. The van der Waals surface area contributed by atoms with Crippen LogP contribution in [0.15, 0.2) is 48.8 Å². The van der Waals surface area contributed by atoms with Gasteiger partial charge in [0.15, 0.2) is 0 Å². The standard InChI is InChI=1S/C15H15N3O2S/c1-18(11-15-6-3-7-17-10-15)21(19,20)12-14-5-2-4-13(8-14)9-16/h2-8,10H,11-12H2,1H3. The summed E-state index contributed by atoms with van der Waals surface area (Å²) in [6, 6.07) is 12.2. The van der Waals surface area contributed by atoms with Crippen molar-refractivity contribution in [2.45, 2.75) is 12.3 Å². The van der Waals surface area contributed by atoms with Gasteiger partial charge in [0.2, 0.25) is 10.0 Å². The average Bonchev–Trinajstić information content (AvgIpc) is 2.48. The van der Waals surface area contributed by atoms with Gasteiger partial charge in [-0.05, 0) is 29.3 Å². The number of hydrogen-bond donors (Lipinski definition) is 0. The zero-order chi connectivity index (χ0) is 15.3. The molecule has 0 amide bonds. The molecule has 1 aromatic carbocycles. The summed E-state index contributed by atoms with van der Waals surface area (Å²) in [5.41, 5.74) is 1.89. The minimum atomic E-state index is -3.44. The van der Waals surface area contributed by atoms with E-state index in [1.807, 2.05) is 12.1 Å². The molecular weight excluding hydrogens is 286 g/mol. The van der Waals surface area contributed by atoms with E-state index in [2.05, 4.69) is 4.98 Å². The van der Waals surface area contributed by atoms with Crippen LogP contribution in [-0.2, 0) is 22.3 Å². The molecule has 6 heteroatoms. The number of aromatic nitrogens is 1. The lowest BCUT2D eigenvalue weighted by Crippen LogP contribution is -2.27. The van der Waals surface area contributed by atoms with E-state index >= 15 is 0 Å². The molecular formula is C15H15N3O2S. The van der Waals surface area contributed by atoms with Crippen LogP contribution < -0.4 is 0 Å². The Morgan fingerprint density at radius 2 is 2.00 bits per heavy atom. The Labute approximate surface area is 124 Å². The molecule has 0 unspecified atom stereocenters. The molecule has 2 rings (SSSR count). The van der Waals surface area contributed by atoms with Gasteiger partial charge in [-0.3, -0.25) is 4.98 Å². The summed E-state index contributed by atoms with van der Waals surface area (Å²) in [5, 5.41) is 8.85. The van der Waals surface area contributed by atoms with Crippen LogP contribution in [0.25, 0.3) is 0 Å². The van der Waals surface area contributed by atoms with Crippen LogP contribution in [-0.4, -0.2) is 24.8 Å². The van der Waals surface area contributed by atoms with Crippen LogP contribution in [0.4, 0.5) is 0 Å². The monoisotopic (exact) mass is 301 g/mol. The highest BCUT2D eigenvalue weighted by molar-refractivity contribution is 7.88. The van der Waals surface area contributed by atoms with Crippen LogP contribution >= 0.6 is 0 Å². The average molecular weight is 301 g/mol. The topological polar surface area (TPSA) is 74.1 Å². The van der Waals surface area contributed by atoms with Gasteiger partial charge in [0.05, 0.1) is 17.4 Å². The van der Waals surface area contributed by atoms with Gasteiger partial charge in [0.25, 0.3) is 0 Å². The normalized spacial score (nSPS) is 11.3. The second-order valence-electron chi connectivity index (χ2n) is 4.69. The Hall–Kier alpha value is -2.23. The van der Waals surface area contributed by atoms with Gasteiger partial charge in [-0.15, -0.1) is 0 Å². The van der Waals surface area contributed by atoms with Crippen LogP contribution in [0.2, 0.25) is 0 Å². The van der Waals surface area contributed by atoms with E-state index in [9.17, 15) is 8.42 Å². The van der Waals surface area contributed by atoms with Crippen molar-refractivity contribution in [2.24, 2.45) is 0 Å². The predicted molar refractivity (Wildman–Crippen MR) is 79.5 cm³/mol. The summed E-state index contributed by atoms with van der Waals surface area (Å²) in [4.78, 5) is 3.97. The third kappa shape index (κ3) is 4.12. The molecule has 0 radical (unpaired) electrons. The molecule has 0 saturated heterocycles. The number of hydrogen-bond acceptors (Lipinski definition) is 4. The third-order valence-electron chi connectivity index (χ3n) is 3.01. The van der Waals surface area contributed by atoms with Crippen molar-refractivity contribution in [2.75, 3.05) is 7.05 Å². The van der Waals surface area contributed by atoms with Crippen molar-refractivity contribution in [3.8, 4) is 6.07 Å². The minimum absolute atomic E-state index is 0.126. The summed E-state index contributed by atoms with van der Waals surface area (Å²) in [6.07, 6.45) is 3.29. The summed E-state index contributed by atoms with van der Waals surface area (Å²) in [7, 11) is -1.90. The second kappa shape index (κ2) is 6.48. The van der Waals surface area contributed by atoms with Gasteiger partial charge in [-0.1, -0.05) is 18.2 Å². The third-order valence-corrected chi connectivity index (χ3v) is 4.79. The van der Waals surface area contributed by atoms with Gasteiger partial charge in [0.1, 0.15) is 0 Å². The highest BCUT2D eigenvalue weighted by atomic mass is 32.2. The fourth-order valence-corrected chi connectivity index (χ4v) is 3.07. The van der Waals surface area contributed by atoms with Gasteiger partial charge in [-0.25, -0.2) is 12.7 Å². The molecule has 0 N–H and O–H groups in total. The molecule has 1 aromatic heterocycles. The number of benzene rings is 1. The SMILES string of the molecule is CN(Cc1cccnc1)S(=O)(=O)Cc1cccc(C#N)c1. The highest BCUT2D eigenvalue weighted by Gasteiger charge is 2.19. The maximum Gasteiger partial charge on any atom is 0.218 e. The first-order chi connectivity index (χ1) is 10.0. The van der Waals surface area contributed by atoms with Crippen LogP contribution in [0.3, 0.4) is 0 Å². The molecule has 0 bridgehead atoms. The van der Waals surface area contributed by atoms with E-state index in [-0.39, 0.29) is 12.3 Å². The van der Waals surface area contributed by atoms with Gasteiger partial charge in [-0.2, -0.15) is 5.26 Å². The number of pyridine rings is 1. The molecule has 0 fully saturated rings. The Kier molecular flexibility index (Phi) is 4.68. The zero-order valence-corrected chi connectivity index (χ0v) is 12.4. The number of nitrogens with zero attached hydrogens (tertiary/aromatic N) is 3. The van der Waals surface area contributed by atoms with Crippen molar-refractivity contribution in [3.05, 3.63) is 65.5 Å². The molecule has 21 heavy (non-hydrogen) atoms. The first kappa shape index (κ1) is 15.2. The smallest absolute Gasteiger partial charge is 0.218 e. The summed E-state index contributed by atoms with van der Waals surface area (Å²) < 4.78 is 25.9. The molecule has 2 aromatic rings. The van der Waals surface area contributed by atoms with Crippen molar-refractivity contribution in [1.29, 1.82) is 5.26 Å². The Balaban J connectivity index is 2.12. The lowest BCUT2D eigenvalue weighted by atomic mass is 10.2. The Bertz CT molecular complexity index is 752. The van der Waals surface area contributed by atoms with E-state index in [1.165, 1.54) is 11.4 Å². The maximum absolute atomic E-state index is 12.3. The number of sulfonamides is 1. The summed E-state index contributed by atoms with van der Waals surface area (Å²) in [5.74, 6) is -0.126. The molecule has 1 heterocycles. The first-order valence-electron chi connectivity index (χ1n) is 6.33. The Morgan fingerprint density at radius 1 is 1.24 bits per heavy atom. The van der Waals surface area contributed by atoms with Gasteiger partial charge in [0, 0.05) is 26.0 Å². The van der Waals surface area contributed by atoms with E-state index in [0.717, 1.165) is 5.56 Å². The van der Waals surface area contributed by atoms with Gasteiger partial charge >= 0.3 is 0 Å². The lowest BCUT2D eigenvalue weighted by molar-refractivity contribution is 0.465. The van der Waals surface area contributed by atoms with E-state index in [4.69, 9.17) is 5.26 Å². The number of rotatable bonds is 5. The van der Waals surface area contributed by atoms with Crippen LogP contribution in [0, 0.1) is 11.3 Å². The molecule has 0 spiro atoms. The molecule has 0 saturated carbocycles. The lowest BCUT2D eigenvalue weighted by Gasteiger charge is -2.17. The van der Waals surface area contributed by atoms with Gasteiger partial charge < -0.3 is 0 Å². The molecule has 0 aliphatic rings. The first-order valence-corrected chi connectivity index (χ1v) is 7.94. The molecule has 108 valence electrons. The molecule has 0 atom stereocenters. The molecule has 0 aliphatic carbocycles. The quantitative estimate of drug-likeness (QED) is 0.845. The van der Waals surface area contributed by atoms with Crippen molar-refractivity contribution in [3.63, 3.8) is 0 Å². The minimum Gasteiger partial charge on any atom is -0.264 e. The van der Waals surface area contributed by atoms with E-state index in [1.54, 1.807) is 42.7 Å². The molecule has 5 nitrogen and oxygen atoms in total. The molecule has 0 aliphatic heterocycles. The number of nitriles is 1. The van der Waals surface area contributed by atoms with Crippen molar-refractivity contribution < 1.29 is 8.42 Å². The van der Waals surface area contributed by atoms with E-state index < -0.39 is 10.0 Å². The summed E-state index contributed by atoms with van der Waals surface area (Å²) in [6.45, 7) is 0.272. The maximum atomic E-state index is 12.3. The van der Waals surface area contributed by atoms with E-state index in [0.29, 0.717) is 11.1 Å². The highest BCUT2D eigenvalue weighted by Crippen LogP contribution is 2.13. The predicted octanol–water partition coefficient (Wildman–Crippen LogP) is 1.92. The second-order valence-corrected chi connectivity index (χ2v) is 6.76. The van der Waals surface area contributed by atoms with Crippen LogP contribution in [0.1, 0.15) is 16.7 Å².